The van der Waals surface area contributed by atoms with Crippen molar-refractivity contribution in [1.82, 2.24) is 0 Å². The summed E-state index contributed by atoms with van der Waals surface area (Å²) in [5.74, 6) is 0. The van der Waals surface area contributed by atoms with Crippen LogP contribution in [0.4, 0.5) is 0 Å². The Bertz CT molecular complexity index is 187. The second-order valence-corrected chi connectivity index (χ2v) is 9.07. The molecule has 0 heterocycles. The van der Waals surface area contributed by atoms with Crippen molar-refractivity contribution in [1.29, 1.82) is 0 Å². The molecule has 1 atom stereocenters. The number of ether oxygens (including phenoxy) is 2. The van der Waals surface area contributed by atoms with Gasteiger partial charge in [0.1, 0.15) is 0 Å². The highest BCUT2D eigenvalue weighted by molar-refractivity contribution is 6.80. The zero-order valence-corrected chi connectivity index (χ0v) is 10.4. The van der Waals surface area contributed by atoms with E-state index in [4.69, 9.17) is 10.8 Å². The molecular weight excluding hydrogens is 180 g/mol. The molecule has 0 N–H and O–H groups in total. The van der Waals surface area contributed by atoms with Crippen LogP contribution in [0.2, 0.25) is 19.6 Å². The molecule has 0 aromatic heterocycles. The first kappa shape index (κ1) is 11.0. The van der Waals surface area contributed by atoms with Crippen LogP contribution < -0.4 is 0 Å². The molecule has 1 unspecified atom stereocenters. The maximum Gasteiger partial charge on any atom is 0.155 e. The van der Waals surface area contributed by atoms with Gasteiger partial charge in [0.05, 0.1) is 16.1 Å². The topological polar surface area (TPSA) is 18.5 Å². The van der Waals surface area contributed by atoms with E-state index in [-0.39, 0.29) is 6.29 Å². The predicted octanol–water partition coefficient (Wildman–Crippen LogP) is 2.82. The van der Waals surface area contributed by atoms with E-state index >= 15 is 0 Å². The molecule has 0 spiro atoms. The van der Waals surface area contributed by atoms with Crippen molar-refractivity contribution < 1.29 is 10.8 Å². The normalized spacial score (nSPS) is 17.0. The van der Waals surface area contributed by atoms with Crippen LogP contribution in [0.1, 0.15) is 15.2 Å². The van der Waals surface area contributed by atoms with Gasteiger partial charge < -0.3 is 9.47 Å². The molecule has 0 fully saturated rings. The van der Waals surface area contributed by atoms with Crippen molar-refractivity contribution in [2.24, 2.45) is 0 Å². The molecule has 78 valence electrons. The lowest BCUT2D eigenvalue weighted by molar-refractivity contribution is -0.118. The van der Waals surface area contributed by atoms with Crippen molar-refractivity contribution >= 4 is 8.07 Å². The second kappa shape index (κ2) is 6.35. The van der Waals surface area contributed by atoms with E-state index in [2.05, 4.69) is 19.6 Å². The van der Waals surface area contributed by atoms with Gasteiger partial charge in [-0.25, -0.2) is 0 Å². The Morgan fingerprint density at radius 1 is 1.38 bits per heavy atom. The quantitative estimate of drug-likeness (QED) is 0.488. The largest absolute Gasteiger partial charge is 0.353 e. The minimum atomic E-state index is -1.28. The minimum absolute atomic E-state index is 0.213. The van der Waals surface area contributed by atoms with Gasteiger partial charge in [-0.15, -0.1) is 0 Å². The minimum Gasteiger partial charge on any atom is -0.353 e. The van der Waals surface area contributed by atoms with Gasteiger partial charge in [-0.05, 0) is 13.8 Å². The molecule has 0 bridgehead atoms. The van der Waals surface area contributed by atoms with Crippen LogP contribution in [-0.2, 0) is 9.47 Å². The molecular formula is C10H22O2Si. The van der Waals surface area contributed by atoms with Gasteiger partial charge in [0, 0.05) is 6.61 Å². The molecule has 0 aliphatic rings. The van der Waals surface area contributed by atoms with Gasteiger partial charge in [0.2, 0.25) is 0 Å². The maximum atomic E-state index is 7.67. The number of hydrogen-bond acceptors (Lipinski definition) is 2. The summed E-state index contributed by atoms with van der Waals surface area (Å²) in [6.45, 7) is 11.4. The van der Waals surface area contributed by atoms with Crippen LogP contribution in [0.25, 0.3) is 0 Å². The summed E-state index contributed by atoms with van der Waals surface area (Å²) in [5, 5.41) is 0. The molecule has 0 radical (unpaired) electrons. The van der Waals surface area contributed by atoms with Gasteiger partial charge in [-0.3, -0.25) is 0 Å². The van der Waals surface area contributed by atoms with Gasteiger partial charge in [0.25, 0.3) is 0 Å². The Morgan fingerprint density at radius 3 is 2.46 bits per heavy atom. The summed E-state index contributed by atoms with van der Waals surface area (Å²) in [6, 6.07) is 0.565. The smallest absolute Gasteiger partial charge is 0.155 e. The molecule has 0 amide bonds. The lowest BCUT2D eigenvalue weighted by Gasteiger charge is -2.12. The van der Waals surface area contributed by atoms with Crippen molar-refractivity contribution in [3.05, 3.63) is 11.8 Å². The highest BCUT2D eigenvalue weighted by Gasteiger charge is 2.06. The molecule has 3 heteroatoms. The zero-order chi connectivity index (χ0) is 11.2. The highest BCUT2D eigenvalue weighted by Crippen LogP contribution is 2.02. The standard InChI is InChI=1S/C10H22O2Si/c1-6-11-10(2)12-8-7-9-13(3,4)5/h7,9-10H,6,8H2,1-5H3/b9-7+/i7D. The molecule has 0 saturated carbocycles. The molecule has 0 aromatic carbocycles. The average molecular weight is 203 g/mol. The highest BCUT2D eigenvalue weighted by atomic mass is 28.3. The van der Waals surface area contributed by atoms with Crippen molar-refractivity contribution in [3.8, 4) is 0 Å². The van der Waals surface area contributed by atoms with Crippen LogP contribution in [0, 0.1) is 0 Å². The average Bonchev–Trinajstić information content (AvgIpc) is 1.98. The van der Waals surface area contributed by atoms with E-state index in [1.807, 2.05) is 19.5 Å². The van der Waals surface area contributed by atoms with Gasteiger partial charge in [0.15, 0.2) is 6.29 Å². The van der Waals surface area contributed by atoms with E-state index in [1.54, 1.807) is 0 Å². The third kappa shape index (κ3) is 9.79. The SMILES string of the molecule is [2H]/C(=C\[Si](C)(C)C)COC(C)OCC. The monoisotopic (exact) mass is 203 g/mol. The van der Waals surface area contributed by atoms with Crippen LogP contribution >= 0.6 is 0 Å². The van der Waals surface area contributed by atoms with Crippen molar-refractivity contribution in [2.75, 3.05) is 13.2 Å². The summed E-state index contributed by atoms with van der Waals surface area (Å²) in [5.41, 5.74) is 2.03. The Hall–Kier alpha value is -0.123. The van der Waals surface area contributed by atoms with Gasteiger partial charge in [-0.1, -0.05) is 31.4 Å². The summed E-state index contributed by atoms with van der Waals surface area (Å²) in [6.07, 6.45) is -0.213. The Labute approximate surface area is 84.3 Å². The maximum absolute atomic E-state index is 7.67. The summed E-state index contributed by atoms with van der Waals surface area (Å²) < 4.78 is 18.2. The van der Waals surface area contributed by atoms with E-state index in [0.717, 1.165) is 0 Å². The molecule has 0 aliphatic heterocycles. The first-order valence-corrected chi connectivity index (χ1v) is 8.34. The van der Waals surface area contributed by atoms with Gasteiger partial charge >= 0.3 is 0 Å². The van der Waals surface area contributed by atoms with E-state index in [1.165, 1.54) is 0 Å². The van der Waals surface area contributed by atoms with Crippen molar-refractivity contribution in [2.45, 2.75) is 39.8 Å². The molecule has 0 rings (SSSR count). The number of rotatable bonds is 6. The fourth-order valence-corrected chi connectivity index (χ4v) is 1.49. The van der Waals surface area contributed by atoms with Gasteiger partial charge in [-0.2, -0.15) is 0 Å². The third-order valence-corrected chi connectivity index (χ3v) is 2.41. The second-order valence-electron chi connectivity index (χ2n) is 4.05. The lowest BCUT2D eigenvalue weighted by Crippen LogP contribution is -2.17. The van der Waals surface area contributed by atoms with E-state index in [9.17, 15) is 0 Å². The van der Waals surface area contributed by atoms with Crippen LogP contribution in [0.15, 0.2) is 11.8 Å². The molecule has 0 aliphatic carbocycles. The molecule has 0 aromatic rings. The molecule has 13 heavy (non-hydrogen) atoms. The van der Waals surface area contributed by atoms with Crippen LogP contribution in [-0.4, -0.2) is 27.6 Å². The van der Waals surface area contributed by atoms with Crippen LogP contribution in [0.5, 0.6) is 0 Å². The van der Waals surface area contributed by atoms with E-state index < -0.39 is 8.07 Å². The Balaban J connectivity index is 3.84. The fraction of sp³-hybridized carbons (Fsp3) is 0.800. The zero-order valence-electron chi connectivity index (χ0n) is 10.4. The fourth-order valence-electron chi connectivity index (χ4n) is 0.796. The Morgan fingerprint density at radius 2 is 2.00 bits per heavy atom. The molecule has 2 nitrogen and oxygen atoms in total. The summed E-state index contributed by atoms with van der Waals surface area (Å²) in [4.78, 5) is 0. The van der Waals surface area contributed by atoms with Crippen molar-refractivity contribution in [3.63, 3.8) is 0 Å². The molecule has 0 saturated heterocycles. The van der Waals surface area contributed by atoms with E-state index in [0.29, 0.717) is 19.3 Å². The Kier molecular flexibility index (Phi) is 5.35. The first-order chi connectivity index (χ1) is 6.35. The summed E-state index contributed by atoms with van der Waals surface area (Å²) >= 11 is 0. The third-order valence-electron chi connectivity index (χ3n) is 1.34. The summed E-state index contributed by atoms with van der Waals surface area (Å²) in [7, 11) is -1.28. The lowest BCUT2D eigenvalue weighted by atomic mass is 10.6. The van der Waals surface area contributed by atoms with Crippen LogP contribution in [0.3, 0.4) is 0 Å². The first-order valence-electron chi connectivity index (χ1n) is 5.26. The number of hydrogen-bond donors (Lipinski definition) is 0. The predicted molar refractivity (Wildman–Crippen MR) is 59.5 cm³/mol.